The molecule has 72 valence electrons. The number of alkyl halides is 1. The van der Waals surface area contributed by atoms with Gasteiger partial charge in [0.2, 0.25) is 0 Å². The molecular weight excluding hydrogens is 228 g/mol. The van der Waals surface area contributed by atoms with Gasteiger partial charge >= 0.3 is 0 Å². The summed E-state index contributed by atoms with van der Waals surface area (Å²) in [5.41, 5.74) is 1.11. The predicted octanol–water partition coefficient (Wildman–Crippen LogP) is 2.75. The molecule has 1 heterocycles. The molecule has 0 spiro atoms. The van der Waals surface area contributed by atoms with Crippen molar-refractivity contribution in [3.05, 3.63) is 23.8 Å². The van der Waals surface area contributed by atoms with E-state index in [9.17, 15) is 0 Å². The molecule has 1 atom stereocenters. The topological polar surface area (TPSA) is 25.8 Å². The van der Waals surface area contributed by atoms with Crippen LogP contribution < -0.4 is 0 Å². The summed E-state index contributed by atoms with van der Waals surface area (Å²) in [6, 6.07) is 0. The lowest BCUT2D eigenvalue weighted by Crippen LogP contribution is -2.12. The van der Waals surface area contributed by atoms with Crippen molar-refractivity contribution in [1.29, 1.82) is 0 Å². The minimum atomic E-state index is 0.468. The largest absolute Gasteiger partial charge is 0.241 e. The van der Waals surface area contributed by atoms with Crippen LogP contribution in [0.3, 0.4) is 0 Å². The highest BCUT2D eigenvalue weighted by molar-refractivity contribution is 9.09. The SMILES string of the molecule is Cc1cnc(CC(Br)C(C)C)nc1. The van der Waals surface area contributed by atoms with Gasteiger partial charge in [0.1, 0.15) is 5.82 Å². The molecule has 0 saturated carbocycles. The molecule has 0 amide bonds. The third kappa shape index (κ3) is 3.43. The molecule has 13 heavy (non-hydrogen) atoms. The molecule has 1 aromatic rings. The van der Waals surface area contributed by atoms with Crippen molar-refractivity contribution in [3.8, 4) is 0 Å². The molecule has 1 unspecified atom stereocenters. The van der Waals surface area contributed by atoms with Gasteiger partial charge in [-0.25, -0.2) is 9.97 Å². The van der Waals surface area contributed by atoms with Gasteiger partial charge < -0.3 is 0 Å². The van der Waals surface area contributed by atoms with Gasteiger partial charge in [0, 0.05) is 23.6 Å². The summed E-state index contributed by atoms with van der Waals surface area (Å²) in [7, 11) is 0. The Morgan fingerprint density at radius 1 is 1.31 bits per heavy atom. The number of halogens is 1. The molecule has 0 fully saturated rings. The van der Waals surface area contributed by atoms with E-state index >= 15 is 0 Å². The van der Waals surface area contributed by atoms with Crippen molar-refractivity contribution in [2.75, 3.05) is 0 Å². The summed E-state index contributed by atoms with van der Waals surface area (Å²) < 4.78 is 0. The summed E-state index contributed by atoms with van der Waals surface area (Å²) in [6.45, 7) is 6.37. The van der Waals surface area contributed by atoms with Gasteiger partial charge in [0.15, 0.2) is 0 Å². The van der Waals surface area contributed by atoms with Crippen LogP contribution in [0, 0.1) is 12.8 Å². The molecule has 1 aromatic heterocycles. The third-order valence-electron chi connectivity index (χ3n) is 1.94. The zero-order valence-corrected chi connectivity index (χ0v) is 9.87. The van der Waals surface area contributed by atoms with Gasteiger partial charge in [-0.3, -0.25) is 0 Å². The molecular formula is C10H15BrN2. The van der Waals surface area contributed by atoms with Gasteiger partial charge in [-0.05, 0) is 18.4 Å². The first kappa shape index (κ1) is 10.6. The Labute approximate surface area is 87.9 Å². The molecule has 0 saturated heterocycles. The smallest absolute Gasteiger partial charge is 0.129 e. The Bertz CT molecular complexity index is 256. The lowest BCUT2D eigenvalue weighted by molar-refractivity contribution is 0.600. The highest BCUT2D eigenvalue weighted by atomic mass is 79.9. The van der Waals surface area contributed by atoms with Crippen LogP contribution in [0.2, 0.25) is 0 Å². The van der Waals surface area contributed by atoms with Gasteiger partial charge in [0.05, 0.1) is 0 Å². The van der Waals surface area contributed by atoms with Gasteiger partial charge in [-0.15, -0.1) is 0 Å². The Balaban J connectivity index is 2.59. The lowest BCUT2D eigenvalue weighted by atomic mass is 10.1. The highest BCUT2D eigenvalue weighted by Crippen LogP contribution is 2.15. The number of hydrogen-bond donors (Lipinski definition) is 0. The normalized spacial score (nSPS) is 13.3. The molecule has 0 radical (unpaired) electrons. The first-order valence-electron chi connectivity index (χ1n) is 4.51. The quantitative estimate of drug-likeness (QED) is 0.763. The van der Waals surface area contributed by atoms with Crippen LogP contribution in [0.5, 0.6) is 0 Å². The minimum Gasteiger partial charge on any atom is -0.241 e. The highest BCUT2D eigenvalue weighted by Gasteiger charge is 2.10. The minimum absolute atomic E-state index is 0.468. The second-order valence-corrected chi connectivity index (χ2v) is 4.82. The van der Waals surface area contributed by atoms with E-state index in [0.717, 1.165) is 17.8 Å². The average molecular weight is 243 g/mol. The van der Waals surface area contributed by atoms with E-state index in [1.165, 1.54) is 0 Å². The van der Waals surface area contributed by atoms with Gasteiger partial charge in [0.25, 0.3) is 0 Å². The zero-order valence-electron chi connectivity index (χ0n) is 8.29. The number of nitrogens with zero attached hydrogens (tertiary/aromatic N) is 2. The number of hydrogen-bond acceptors (Lipinski definition) is 2. The molecule has 0 aliphatic heterocycles. The molecule has 0 N–H and O–H groups in total. The Morgan fingerprint density at radius 3 is 2.31 bits per heavy atom. The zero-order chi connectivity index (χ0) is 9.84. The Hall–Kier alpha value is -0.440. The molecule has 2 nitrogen and oxygen atoms in total. The second kappa shape index (κ2) is 4.70. The van der Waals surface area contributed by atoms with Crippen molar-refractivity contribution in [2.45, 2.75) is 32.0 Å². The van der Waals surface area contributed by atoms with E-state index in [1.54, 1.807) is 0 Å². The maximum absolute atomic E-state index is 4.26. The van der Waals surface area contributed by atoms with E-state index in [4.69, 9.17) is 0 Å². The number of rotatable bonds is 3. The van der Waals surface area contributed by atoms with Crippen molar-refractivity contribution in [2.24, 2.45) is 5.92 Å². The molecule has 0 aromatic carbocycles. The number of aryl methyl sites for hydroxylation is 1. The summed E-state index contributed by atoms with van der Waals surface area (Å²) in [5.74, 6) is 1.53. The number of aromatic nitrogens is 2. The third-order valence-corrected chi connectivity index (χ3v) is 3.32. The van der Waals surface area contributed by atoms with E-state index in [2.05, 4.69) is 39.7 Å². The van der Waals surface area contributed by atoms with Crippen molar-refractivity contribution in [3.63, 3.8) is 0 Å². The maximum Gasteiger partial charge on any atom is 0.129 e. The molecule has 0 aliphatic rings. The molecule has 1 rings (SSSR count). The van der Waals surface area contributed by atoms with Crippen LogP contribution in [0.25, 0.3) is 0 Å². The van der Waals surface area contributed by atoms with Crippen LogP contribution in [-0.2, 0) is 6.42 Å². The van der Waals surface area contributed by atoms with Crippen LogP contribution in [0.1, 0.15) is 25.2 Å². The van der Waals surface area contributed by atoms with E-state index in [-0.39, 0.29) is 0 Å². The fraction of sp³-hybridized carbons (Fsp3) is 0.600. The monoisotopic (exact) mass is 242 g/mol. The molecule has 3 heteroatoms. The van der Waals surface area contributed by atoms with Crippen molar-refractivity contribution in [1.82, 2.24) is 9.97 Å². The standard InChI is InChI=1S/C10H15BrN2/c1-7(2)9(11)4-10-12-5-8(3)6-13-10/h5-7,9H,4H2,1-3H3. The maximum atomic E-state index is 4.26. The van der Waals surface area contributed by atoms with Crippen LogP contribution in [0.15, 0.2) is 12.4 Å². The van der Waals surface area contributed by atoms with E-state index in [1.807, 2.05) is 19.3 Å². The fourth-order valence-corrected chi connectivity index (χ4v) is 1.22. The Morgan fingerprint density at radius 2 is 1.85 bits per heavy atom. The summed E-state index contributed by atoms with van der Waals surface area (Å²) >= 11 is 3.62. The van der Waals surface area contributed by atoms with Gasteiger partial charge in [-0.1, -0.05) is 29.8 Å². The van der Waals surface area contributed by atoms with Crippen molar-refractivity contribution < 1.29 is 0 Å². The average Bonchev–Trinajstić information content (AvgIpc) is 2.08. The van der Waals surface area contributed by atoms with Gasteiger partial charge in [-0.2, -0.15) is 0 Å². The van der Waals surface area contributed by atoms with E-state index in [0.29, 0.717) is 10.7 Å². The Kier molecular flexibility index (Phi) is 3.85. The summed E-state index contributed by atoms with van der Waals surface area (Å²) in [5, 5.41) is 0. The van der Waals surface area contributed by atoms with Crippen LogP contribution in [0.4, 0.5) is 0 Å². The van der Waals surface area contributed by atoms with Crippen LogP contribution in [-0.4, -0.2) is 14.8 Å². The molecule has 0 bridgehead atoms. The predicted molar refractivity (Wildman–Crippen MR) is 58.0 cm³/mol. The lowest BCUT2D eigenvalue weighted by Gasteiger charge is -2.11. The van der Waals surface area contributed by atoms with Crippen LogP contribution >= 0.6 is 15.9 Å². The van der Waals surface area contributed by atoms with Crippen molar-refractivity contribution >= 4 is 15.9 Å². The first-order valence-corrected chi connectivity index (χ1v) is 5.42. The fourth-order valence-electron chi connectivity index (χ4n) is 0.935. The molecule has 0 aliphatic carbocycles. The first-order chi connectivity index (χ1) is 6.09. The summed E-state index contributed by atoms with van der Waals surface area (Å²) in [4.78, 5) is 8.99. The summed E-state index contributed by atoms with van der Waals surface area (Å²) in [6.07, 6.45) is 4.63. The van der Waals surface area contributed by atoms with E-state index < -0.39 is 0 Å². The second-order valence-electron chi connectivity index (χ2n) is 3.64.